The molecule has 2 N–H and O–H groups in total. The van der Waals surface area contributed by atoms with Crippen LogP contribution in [0.15, 0.2) is 33.8 Å². The summed E-state index contributed by atoms with van der Waals surface area (Å²) in [5.41, 5.74) is -0.430. The second-order valence-electron chi connectivity index (χ2n) is 6.15. The Morgan fingerprint density at radius 3 is 2.96 bits per heavy atom. The number of amides is 1. The summed E-state index contributed by atoms with van der Waals surface area (Å²) >= 11 is 0. The van der Waals surface area contributed by atoms with Gasteiger partial charge in [-0.25, -0.2) is 0 Å². The fourth-order valence-electron chi connectivity index (χ4n) is 3.01. The van der Waals surface area contributed by atoms with Gasteiger partial charge in [0.15, 0.2) is 5.82 Å². The molecule has 1 saturated carbocycles. The second-order valence-corrected chi connectivity index (χ2v) is 6.15. The molecule has 4 rings (SSSR count). The minimum Gasteiger partial charge on any atom is -0.373 e. The van der Waals surface area contributed by atoms with Crippen molar-refractivity contribution >= 4 is 5.91 Å². The molecule has 0 unspecified atom stereocenters. The molecule has 10 heteroatoms. The molecule has 3 heterocycles. The number of rotatable bonds is 5. The van der Waals surface area contributed by atoms with Crippen molar-refractivity contribution in [1.82, 2.24) is 35.0 Å². The maximum atomic E-state index is 11.9. The zero-order valence-corrected chi connectivity index (χ0v) is 13.5. The number of aromatic nitrogens is 6. The van der Waals surface area contributed by atoms with Crippen molar-refractivity contribution in [3.8, 4) is 0 Å². The average Bonchev–Trinajstić information content (AvgIpc) is 3.27. The summed E-state index contributed by atoms with van der Waals surface area (Å²) in [7, 11) is 1.94. The molecular formula is C15H17N7O3. The highest BCUT2D eigenvalue weighted by atomic mass is 16.5. The molecule has 1 fully saturated rings. The van der Waals surface area contributed by atoms with Gasteiger partial charge in [-0.1, -0.05) is 0 Å². The highest BCUT2D eigenvalue weighted by Crippen LogP contribution is 2.36. The molecule has 0 atom stereocenters. The number of carbonyl (C=O) groups excluding carboxylic acids is 1. The van der Waals surface area contributed by atoms with E-state index in [0.29, 0.717) is 6.54 Å². The molecule has 0 aliphatic heterocycles. The van der Waals surface area contributed by atoms with E-state index in [4.69, 9.17) is 4.52 Å². The smallest absolute Gasteiger partial charge is 0.290 e. The molecule has 0 radical (unpaired) electrons. The first-order valence-electron chi connectivity index (χ1n) is 7.95. The molecule has 1 amide bonds. The summed E-state index contributed by atoms with van der Waals surface area (Å²) in [6.07, 6.45) is 5.15. The first-order chi connectivity index (χ1) is 12.1. The largest absolute Gasteiger partial charge is 0.373 e. The summed E-state index contributed by atoms with van der Waals surface area (Å²) in [4.78, 5) is 22.9. The zero-order chi connectivity index (χ0) is 17.4. The van der Waals surface area contributed by atoms with Gasteiger partial charge in [-0.2, -0.15) is 10.3 Å². The lowest BCUT2D eigenvalue weighted by Gasteiger charge is -2.34. The summed E-state index contributed by atoms with van der Waals surface area (Å²) < 4.78 is 8.57. The number of nitrogens with one attached hydrogen (secondary N) is 2. The topological polar surface area (TPSA) is 124 Å². The van der Waals surface area contributed by atoms with Crippen molar-refractivity contribution in [2.45, 2.75) is 31.3 Å². The fourth-order valence-corrected chi connectivity index (χ4v) is 3.01. The van der Waals surface area contributed by atoms with Gasteiger partial charge in [0.25, 0.3) is 11.5 Å². The molecular weight excluding hydrogens is 326 g/mol. The van der Waals surface area contributed by atoms with E-state index < -0.39 is 5.56 Å². The van der Waals surface area contributed by atoms with E-state index in [9.17, 15) is 9.59 Å². The first-order valence-corrected chi connectivity index (χ1v) is 7.95. The molecule has 0 spiro atoms. The van der Waals surface area contributed by atoms with E-state index in [0.717, 1.165) is 30.6 Å². The fraction of sp³-hybridized carbons (Fsp3) is 0.400. The van der Waals surface area contributed by atoms with Crippen molar-refractivity contribution in [3.63, 3.8) is 0 Å². The normalized spacial score (nSPS) is 19.6. The summed E-state index contributed by atoms with van der Waals surface area (Å²) in [5, 5.41) is 17.6. The third-order valence-electron chi connectivity index (χ3n) is 4.45. The van der Waals surface area contributed by atoms with E-state index in [2.05, 4.69) is 25.8 Å². The number of hydrogen-bond donors (Lipinski definition) is 2. The Labute approximate surface area is 141 Å². The molecule has 0 bridgehead atoms. The predicted octanol–water partition coefficient (Wildman–Crippen LogP) is 0.0172. The molecule has 1 aliphatic carbocycles. The first kappa shape index (κ1) is 15.4. The van der Waals surface area contributed by atoms with Gasteiger partial charge in [0.2, 0.25) is 5.76 Å². The molecule has 10 nitrogen and oxygen atoms in total. The Hall–Kier alpha value is -3.17. The number of H-pyrrole nitrogens is 1. The number of hydrogen-bond acceptors (Lipinski definition) is 6. The van der Waals surface area contributed by atoms with Gasteiger partial charge in [0, 0.05) is 31.4 Å². The van der Waals surface area contributed by atoms with Crippen LogP contribution in [0.5, 0.6) is 0 Å². The SMILES string of the molecule is Cn1c(Cn2cccn2)nnc1C1CC(NC(=O)c2cc(=O)[nH]o2)C1. The number of aromatic amines is 1. The van der Waals surface area contributed by atoms with E-state index in [1.165, 1.54) is 0 Å². The molecule has 3 aromatic heterocycles. The van der Waals surface area contributed by atoms with Gasteiger partial charge in [-0.05, 0) is 18.9 Å². The van der Waals surface area contributed by atoms with Crippen LogP contribution < -0.4 is 10.9 Å². The van der Waals surface area contributed by atoms with Gasteiger partial charge in [-0.3, -0.25) is 14.3 Å². The van der Waals surface area contributed by atoms with Crippen LogP contribution in [0.3, 0.4) is 0 Å². The van der Waals surface area contributed by atoms with Crippen LogP contribution in [-0.4, -0.2) is 41.7 Å². The number of carbonyl (C=O) groups is 1. The van der Waals surface area contributed by atoms with Crippen LogP contribution in [0.2, 0.25) is 0 Å². The Morgan fingerprint density at radius 1 is 1.44 bits per heavy atom. The second kappa shape index (κ2) is 6.04. The quantitative estimate of drug-likeness (QED) is 0.673. The maximum Gasteiger partial charge on any atom is 0.290 e. The maximum absolute atomic E-state index is 11.9. The summed E-state index contributed by atoms with van der Waals surface area (Å²) in [6.45, 7) is 0.565. The Kier molecular flexibility index (Phi) is 3.71. The van der Waals surface area contributed by atoms with Gasteiger partial charge in [0.1, 0.15) is 12.4 Å². The minimum atomic E-state index is -0.430. The third kappa shape index (κ3) is 2.97. The molecule has 0 aromatic carbocycles. The molecule has 25 heavy (non-hydrogen) atoms. The van der Waals surface area contributed by atoms with E-state index >= 15 is 0 Å². The van der Waals surface area contributed by atoms with Crippen molar-refractivity contribution < 1.29 is 9.32 Å². The minimum absolute atomic E-state index is 0.00591. The zero-order valence-electron chi connectivity index (χ0n) is 13.5. The Bertz CT molecular complexity index is 931. The van der Waals surface area contributed by atoms with Crippen LogP contribution in [0, 0.1) is 0 Å². The highest BCUT2D eigenvalue weighted by molar-refractivity contribution is 5.91. The molecule has 3 aromatic rings. The van der Waals surface area contributed by atoms with Gasteiger partial charge >= 0.3 is 0 Å². The molecule has 0 saturated heterocycles. The average molecular weight is 343 g/mol. The summed E-state index contributed by atoms with van der Waals surface area (Å²) in [5.74, 6) is 1.58. The van der Waals surface area contributed by atoms with Gasteiger partial charge in [0.05, 0.1) is 6.07 Å². The van der Waals surface area contributed by atoms with E-state index in [-0.39, 0.29) is 23.6 Å². The highest BCUT2D eigenvalue weighted by Gasteiger charge is 2.35. The predicted molar refractivity (Wildman–Crippen MR) is 84.9 cm³/mol. The lowest BCUT2D eigenvalue weighted by molar-refractivity contribution is 0.0869. The molecule has 1 aliphatic rings. The monoisotopic (exact) mass is 343 g/mol. The standard InChI is InChI=1S/C15H17N7O3/c1-21-12(8-22-4-2-3-16-22)18-19-14(21)9-5-10(6-9)17-15(24)11-7-13(23)20-25-11/h2-4,7,9-10H,5-6,8H2,1H3,(H,17,24)(H,20,23). The van der Waals surface area contributed by atoms with Crippen LogP contribution in [-0.2, 0) is 13.6 Å². The third-order valence-corrected chi connectivity index (χ3v) is 4.45. The Morgan fingerprint density at radius 2 is 2.28 bits per heavy atom. The van der Waals surface area contributed by atoms with Crippen molar-refractivity contribution in [3.05, 3.63) is 52.3 Å². The molecule has 130 valence electrons. The number of nitrogens with zero attached hydrogens (tertiary/aromatic N) is 5. The van der Waals surface area contributed by atoms with Gasteiger partial charge < -0.3 is 14.4 Å². The Balaban J connectivity index is 1.35. The summed E-state index contributed by atoms with van der Waals surface area (Å²) in [6, 6.07) is 3.03. The van der Waals surface area contributed by atoms with Crippen LogP contribution in [0.4, 0.5) is 0 Å². The van der Waals surface area contributed by atoms with Crippen molar-refractivity contribution in [2.75, 3.05) is 0 Å². The van der Waals surface area contributed by atoms with E-state index in [1.807, 2.05) is 23.9 Å². The van der Waals surface area contributed by atoms with E-state index in [1.54, 1.807) is 10.9 Å². The van der Waals surface area contributed by atoms with Crippen LogP contribution in [0.25, 0.3) is 0 Å². The van der Waals surface area contributed by atoms with Crippen molar-refractivity contribution in [2.24, 2.45) is 7.05 Å². The lowest BCUT2D eigenvalue weighted by Crippen LogP contribution is -2.44. The van der Waals surface area contributed by atoms with Crippen molar-refractivity contribution in [1.29, 1.82) is 0 Å². The lowest BCUT2D eigenvalue weighted by atomic mass is 9.79. The van der Waals surface area contributed by atoms with Crippen LogP contribution in [0.1, 0.15) is 41.0 Å². The van der Waals surface area contributed by atoms with Gasteiger partial charge in [-0.15, -0.1) is 10.2 Å². The van der Waals surface area contributed by atoms with Crippen LogP contribution >= 0.6 is 0 Å².